The Morgan fingerprint density at radius 1 is 1.34 bits per heavy atom. The molecule has 0 spiro atoms. The minimum Gasteiger partial charge on any atom is -0.491 e. The molecule has 0 saturated heterocycles. The van der Waals surface area contributed by atoms with Crippen molar-refractivity contribution in [1.29, 1.82) is 0 Å². The zero-order valence-corrected chi connectivity index (χ0v) is 16.3. The highest BCUT2D eigenvalue weighted by atomic mass is 19.1. The first-order valence-electron chi connectivity index (χ1n) is 9.57. The number of amides is 1. The maximum atomic E-state index is 14.3. The van der Waals surface area contributed by atoms with Gasteiger partial charge >= 0.3 is 0 Å². The van der Waals surface area contributed by atoms with Gasteiger partial charge in [0.05, 0.1) is 18.2 Å². The van der Waals surface area contributed by atoms with Gasteiger partial charge in [-0.05, 0) is 43.9 Å². The van der Waals surface area contributed by atoms with Crippen molar-refractivity contribution in [2.45, 2.75) is 32.7 Å². The molecule has 1 N–H and O–H groups in total. The molecule has 2 heterocycles. The SMILES string of the molecule is CC(=O)N[C@@H](C)COc1ccc2nc(-c3cnc(OCC4CC4)c(F)c3)oc2c1. The van der Waals surface area contributed by atoms with E-state index in [-0.39, 0.29) is 23.7 Å². The van der Waals surface area contributed by atoms with E-state index in [4.69, 9.17) is 13.9 Å². The molecule has 0 radical (unpaired) electrons. The van der Waals surface area contributed by atoms with E-state index in [2.05, 4.69) is 15.3 Å². The summed E-state index contributed by atoms with van der Waals surface area (Å²) in [5.74, 6) is 0.725. The fraction of sp³-hybridized carbons (Fsp3) is 0.381. The van der Waals surface area contributed by atoms with Crippen LogP contribution in [0.25, 0.3) is 22.6 Å². The van der Waals surface area contributed by atoms with Gasteiger partial charge in [-0.3, -0.25) is 4.79 Å². The van der Waals surface area contributed by atoms with Gasteiger partial charge in [0.25, 0.3) is 0 Å². The lowest BCUT2D eigenvalue weighted by Crippen LogP contribution is -2.35. The highest BCUT2D eigenvalue weighted by Crippen LogP contribution is 2.31. The van der Waals surface area contributed by atoms with Gasteiger partial charge in [0.1, 0.15) is 17.9 Å². The molecule has 1 aliphatic rings. The Labute approximate surface area is 167 Å². The lowest BCUT2D eigenvalue weighted by molar-refractivity contribution is -0.119. The number of pyridine rings is 1. The maximum absolute atomic E-state index is 14.3. The summed E-state index contributed by atoms with van der Waals surface area (Å²) in [6.45, 7) is 4.13. The molecule has 29 heavy (non-hydrogen) atoms. The van der Waals surface area contributed by atoms with E-state index in [1.165, 1.54) is 19.2 Å². The number of nitrogens with one attached hydrogen (secondary N) is 1. The number of oxazole rings is 1. The minimum atomic E-state index is -0.540. The van der Waals surface area contributed by atoms with E-state index in [1.54, 1.807) is 18.2 Å². The zero-order chi connectivity index (χ0) is 20.4. The number of rotatable bonds is 8. The van der Waals surface area contributed by atoms with Gasteiger partial charge in [-0.2, -0.15) is 0 Å². The third-order valence-corrected chi connectivity index (χ3v) is 4.52. The van der Waals surface area contributed by atoms with Crippen LogP contribution in [0.3, 0.4) is 0 Å². The summed E-state index contributed by atoms with van der Waals surface area (Å²) in [6.07, 6.45) is 3.74. The normalized spacial score (nSPS) is 14.6. The minimum absolute atomic E-state index is 0.000683. The molecule has 0 bridgehead atoms. The van der Waals surface area contributed by atoms with Crippen molar-refractivity contribution in [3.8, 4) is 23.1 Å². The third kappa shape index (κ3) is 4.82. The summed E-state index contributed by atoms with van der Waals surface area (Å²) in [4.78, 5) is 19.5. The van der Waals surface area contributed by atoms with Crippen LogP contribution in [-0.4, -0.2) is 35.1 Å². The van der Waals surface area contributed by atoms with Gasteiger partial charge in [0, 0.05) is 19.2 Å². The van der Waals surface area contributed by atoms with E-state index >= 15 is 0 Å². The van der Waals surface area contributed by atoms with E-state index in [1.807, 2.05) is 6.92 Å². The van der Waals surface area contributed by atoms with E-state index < -0.39 is 5.82 Å². The molecule has 3 aromatic rings. The van der Waals surface area contributed by atoms with Crippen LogP contribution in [0.15, 0.2) is 34.9 Å². The first-order chi connectivity index (χ1) is 14.0. The van der Waals surface area contributed by atoms with Crippen LogP contribution in [0.5, 0.6) is 11.6 Å². The van der Waals surface area contributed by atoms with E-state index in [0.717, 1.165) is 12.8 Å². The van der Waals surface area contributed by atoms with Gasteiger partial charge in [-0.1, -0.05) is 0 Å². The molecular formula is C21H22FN3O4. The first kappa shape index (κ1) is 19.2. The van der Waals surface area contributed by atoms with Crippen molar-refractivity contribution >= 4 is 17.0 Å². The van der Waals surface area contributed by atoms with Crippen molar-refractivity contribution in [1.82, 2.24) is 15.3 Å². The van der Waals surface area contributed by atoms with Gasteiger partial charge < -0.3 is 19.2 Å². The number of hydrogen-bond acceptors (Lipinski definition) is 6. The predicted octanol–water partition coefficient (Wildman–Crippen LogP) is 3.72. The quantitative estimate of drug-likeness (QED) is 0.621. The van der Waals surface area contributed by atoms with Gasteiger partial charge in [-0.15, -0.1) is 0 Å². The van der Waals surface area contributed by atoms with Crippen molar-refractivity contribution in [2.75, 3.05) is 13.2 Å². The third-order valence-electron chi connectivity index (χ3n) is 4.52. The molecule has 1 amide bonds. The number of aromatic nitrogens is 2. The van der Waals surface area contributed by atoms with Crippen LogP contribution < -0.4 is 14.8 Å². The molecule has 1 saturated carbocycles. The van der Waals surface area contributed by atoms with Crippen LogP contribution in [0, 0.1) is 11.7 Å². The summed E-state index contributed by atoms with van der Waals surface area (Å²) in [5, 5.41) is 2.75. The van der Waals surface area contributed by atoms with E-state index in [9.17, 15) is 9.18 Å². The molecule has 1 atom stereocenters. The van der Waals surface area contributed by atoms with Crippen LogP contribution in [-0.2, 0) is 4.79 Å². The molecule has 0 aliphatic heterocycles. The first-order valence-corrected chi connectivity index (χ1v) is 9.57. The summed E-state index contributed by atoms with van der Waals surface area (Å²) in [6, 6.07) is 6.43. The van der Waals surface area contributed by atoms with Crippen LogP contribution in [0.4, 0.5) is 4.39 Å². The Morgan fingerprint density at radius 3 is 2.90 bits per heavy atom. The van der Waals surface area contributed by atoms with Crippen molar-refractivity contribution in [2.24, 2.45) is 5.92 Å². The topological polar surface area (TPSA) is 86.5 Å². The smallest absolute Gasteiger partial charge is 0.250 e. The zero-order valence-electron chi connectivity index (χ0n) is 16.3. The van der Waals surface area contributed by atoms with Crippen molar-refractivity contribution in [3.05, 3.63) is 36.3 Å². The summed E-state index contributed by atoms with van der Waals surface area (Å²) in [7, 11) is 0. The van der Waals surface area contributed by atoms with Crippen LogP contribution in [0.2, 0.25) is 0 Å². The Kier molecular flexibility index (Phi) is 5.33. The molecule has 152 valence electrons. The molecule has 1 fully saturated rings. The predicted molar refractivity (Wildman–Crippen MR) is 104 cm³/mol. The lowest BCUT2D eigenvalue weighted by atomic mass is 10.3. The van der Waals surface area contributed by atoms with E-state index in [0.29, 0.717) is 41.5 Å². The van der Waals surface area contributed by atoms with Gasteiger partial charge in [0.2, 0.25) is 17.7 Å². The number of fused-ring (bicyclic) bond motifs is 1. The molecule has 1 aliphatic carbocycles. The second kappa shape index (κ2) is 8.06. The highest BCUT2D eigenvalue weighted by Gasteiger charge is 2.23. The molecular weight excluding hydrogens is 377 g/mol. The number of ether oxygens (including phenoxy) is 2. The van der Waals surface area contributed by atoms with Crippen molar-refractivity contribution < 1.29 is 23.1 Å². The standard InChI is InChI=1S/C21H22FN3O4/c1-12(24-13(2)26)10-27-16-5-6-18-19(8-16)29-20(25-18)15-7-17(22)21(23-9-15)28-11-14-3-4-14/h5-9,12,14H,3-4,10-11H2,1-2H3,(H,24,26)/t12-/m0/s1. The number of halogens is 1. The Bertz CT molecular complexity index is 1030. The number of hydrogen-bond donors (Lipinski definition) is 1. The molecule has 0 unspecified atom stereocenters. The Balaban J connectivity index is 1.46. The molecule has 2 aromatic heterocycles. The number of carbonyl (C=O) groups excluding carboxylic acids is 1. The van der Waals surface area contributed by atoms with Crippen molar-refractivity contribution in [3.63, 3.8) is 0 Å². The molecule has 1 aromatic carbocycles. The average molecular weight is 399 g/mol. The summed E-state index contributed by atoms with van der Waals surface area (Å²) in [5.41, 5.74) is 1.56. The highest BCUT2D eigenvalue weighted by molar-refractivity contribution is 5.77. The van der Waals surface area contributed by atoms with Crippen LogP contribution >= 0.6 is 0 Å². The second-order valence-electron chi connectivity index (χ2n) is 7.33. The summed E-state index contributed by atoms with van der Waals surface area (Å²) < 4.78 is 31.1. The molecule has 4 rings (SSSR count). The fourth-order valence-corrected chi connectivity index (χ4v) is 2.86. The second-order valence-corrected chi connectivity index (χ2v) is 7.33. The monoisotopic (exact) mass is 399 g/mol. The summed E-state index contributed by atoms with van der Waals surface area (Å²) >= 11 is 0. The number of nitrogens with zero attached hydrogens (tertiary/aromatic N) is 2. The van der Waals surface area contributed by atoms with Gasteiger partial charge in [-0.25, -0.2) is 14.4 Å². The van der Waals surface area contributed by atoms with Gasteiger partial charge in [0.15, 0.2) is 11.4 Å². The van der Waals surface area contributed by atoms with Crippen LogP contribution in [0.1, 0.15) is 26.7 Å². The maximum Gasteiger partial charge on any atom is 0.250 e. The number of carbonyl (C=O) groups is 1. The number of benzene rings is 1. The fourth-order valence-electron chi connectivity index (χ4n) is 2.86. The lowest BCUT2D eigenvalue weighted by Gasteiger charge is -2.13. The Hall–Kier alpha value is -3.16. The Morgan fingerprint density at radius 2 is 2.17 bits per heavy atom. The average Bonchev–Trinajstić information content (AvgIpc) is 3.41. The molecule has 7 nitrogen and oxygen atoms in total. The largest absolute Gasteiger partial charge is 0.491 e. The molecule has 8 heteroatoms.